The molecule has 0 aromatic carbocycles. The molecular formula is C10H20F3N3O2S. The van der Waals surface area contributed by atoms with Crippen molar-refractivity contribution < 1.29 is 21.6 Å². The van der Waals surface area contributed by atoms with E-state index in [0.717, 1.165) is 0 Å². The molecule has 0 spiro atoms. The van der Waals surface area contributed by atoms with Crippen molar-refractivity contribution >= 4 is 10.0 Å². The van der Waals surface area contributed by atoms with Crippen LogP contribution < -0.4 is 5.73 Å². The van der Waals surface area contributed by atoms with Gasteiger partial charge in [0.05, 0.1) is 12.3 Å². The molecule has 1 rings (SSSR count). The van der Waals surface area contributed by atoms with Crippen molar-refractivity contribution in [2.24, 2.45) is 5.73 Å². The molecule has 0 bridgehead atoms. The highest BCUT2D eigenvalue weighted by molar-refractivity contribution is 7.89. The zero-order valence-electron chi connectivity index (χ0n) is 10.7. The van der Waals surface area contributed by atoms with E-state index in [1.54, 1.807) is 0 Å². The van der Waals surface area contributed by atoms with Gasteiger partial charge in [0.25, 0.3) is 0 Å². The molecule has 0 amide bonds. The first-order chi connectivity index (χ1) is 8.74. The Labute approximate surface area is 111 Å². The molecule has 1 fully saturated rings. The van der Waals surface area contributed by atoms with Crippen molar-refractivity contribution in [1.82, 2.24) is 9.21 Å². The fraction of sp³-hybridized carbons (Fsp3) is 1.00. The van der Waals surface area contributed by atoms with Crippen molar-refractivity contribution in [3.8, 4) is 0 Å². The van der Waals surface area contributed by atoms with Crippen LogP contribution >= 0.6 is 0 Å². The Balaban J connectivity index is 2.40. The standard InChI is InChI=1S/C10H20F3N3O2S/c11-10(12,13)9-15-4-6-16(7-5-15)19(17,18)8-2-1-3-14/h1-9,14H2. The molecule has 1 aliphatic rings. The van der Waals surface area contributed by atoms with Crippen LogP contribution in [0.2, 0.25) is 0 Å². The van der Waals surface area contributed by atoms with E-state index in [2.05, 4.69) is 0 Å². The van der Waals surface area contributed by atoms with Crippen molar-refractivity contribution in [3.05, 3.63) is 0 Å². The minimum Gasteiger partial charge on any atom is -0.330 e. The van der Waals surface area contributed by atoms with E-state index in [1.807, 2.05) is 0 Å². The van der Waals surface area contributed by atoms with Gasteiger partial charge in [-0.2, -0.15) is 17.5 Å². The highest BCUT2D eigenvalue weighted by Crippen LogP contribution is 2.18. The zero-order valence-corrected chi connectivity index (χ0v) is 11.5. The van der Waals surface area contributed by atoms with Crippen LogP contribution in [0, 0.1) is 0 Å². The number of rotatable bonds is 6. The van der Waals surface area contributed by atoms with Crippen LogP contribution in [0.15, 0.2) is 0 Å². The third-order valence-corrected chi connectivity index (χ3v) is 4.94. The molecule has 0 saturated carbocycles. The summed E-state index contributed by atoms with van der Waals surface area (Å²) < 4.78 is 61.6. The molecule has 114 valence electrons. The van der Waals surface area contributed by atoms with Crippen LogP contribution in [-0.2, 0) is 10.0 Å². The SMILES string of the molecule is NCCCCS(=O)(=O)N1CCN(CC(F)(F)F)CC1. The Hall–Kier alpha value is -0.380. The lowest BCUT2D eigenvalue weighted by Gasteiger charge is -2.34. The van der Waals surface area contributed by atoms with Gasteiger partial charge in [-0.25, -0.2) is 8.42 Å². The number of hydrogen-bond acceptors (Lipinski definition) is 4. The lowest BCUT2D eigenvalue weighted by atomic mass is 10.3. The third-order valence-electron chi connectivity index (χ3n) is 2.98. The first-order valence-corrected chi connectivity index (χ1v) is 7.82. The Morgan fingerprint density at radius 1 is 1.05 bits per heavy atom. The van der Waals surface area contributed by atoms with Gasteiger partial charge in [0.2, 0.25) is 10.0 Å². The maximum absolute atomic E-state index is 12.2. The highest BCUT2D eigenvalue weighted by Gasteiger charge is 2.34. The van der Waals surface area contributed by atoms with Crippen LogP contribution in [-0.4, -0.2) is 68.8 Å². The van der Waals surface area contributed by atoms with Gasteiger partial charge >= 0.3 is 6.18 Å². The molecule has 5 nitrogen and oxygen atoms in total. The highest BCUT2D eigenvalue weighted by atomic mass is 32.2. The Kier molecular flexibility index (Phi) is 6.03. The van der Waals surface area contributed by atoms with Crippen LogP contribution in [0.1, 0.15) is 12.8 Å². The Morgan fingerprint density at radius 3 is 2.11 bits per heavy atom. The number of sulfonamides is 1. The van der Waals surface area contributed by atoms with Gasteiger partial charge in [-0.15, -0.1) is 0 Å². The molecule has 0 radical (unpaired) electrons. The Bertz CT molecular complexity index is 365. The lowest BCUT2D eigenvalue weighted by Crippen LogP contribution is -2.51. The van der Waals surface area contributed by atoms with Gasteiger partial charge in [-0.1, -0.05) is 0 Å². The lowest BCUT2D eigenvalue weighted by molar-refractivity contribution is -0.148. The first-order valence-electron chi connectivity index (χ1n) is 6.21. The van der Waals surface area contributed by atoms with E-state index < -0.39 is 22.7 Å². The Morgan fingerprint density at radius 2 is 1.63 bits per heavy atom. The summed E-state index contributed by atoms with van der Waals surface area (Å²) in [6.07, 6.45) is -3.11. The molecule has 19 heavy (non-hydrogen) atoms. The zero-order chi connectivity index (χ0) is 14.5. The molecule has 1 heterocycles. The molecule has 0 aliphatic carbocycles. The van der Waals surface area contributed by atoms with E-state index in [-0.39, 0.29) is 31.9 Å². The van der Waals surface area contributed by atoms with Crippen molar-refractivity contribution in [3.63, 3.8) is 0 Å². The van der Waals surface area contributed by atoms with Crippen LogP contribution in [0.25, 0.3) is 0 Å². The predicted octanol–water partition coefficient (Wildman–Crippen LogP) is 0.235. The number of nitrogens with two attached hydrogens (primary N) is 1. The van der Waals surface area contributed by atoms with Crippen LogP contribution in [0.4, 0.5) is 13.2 Å². The van der Waals surface area contributed by atoms with Gasteiger partial charge in [0, 0.05) is 26.2 Å². The fourth-order valence-electron chi connectivity index (χ4n) is 1.98. The summed E-state index contributed by atoms with van der Waals surface area (Å²) in [6.45, 7) is -0.0454. The van der Waals surface area contributed by atoms with Crippen molar-refractivity contribution in [2.45, 2.75) is 19.0 Å². The monoisotopic (exact) mass is 303 g/mol. The van der Waals surface area contributed by atoms with Gasteiger partial charge in [0.15, 0.2) is 0 Å². The molecule has 0 aromatic rings. The molecule has 0 aromatic heterocycles. The van der Waals surface area contributed by atoms with Gasteiger partial charge in [0.1, 0.15) is 0 Å². The number of hydrogen-bond donors (Lipinski definition) is 1. The van der Waals surface area contributed by atoms with E-state index in [9.17, 15) is 21.6 Å². The molecule has 0 atom stereocenters. The van der Waals surface area contributed by atoms with E-state index in [0.29, 0.717) is 19.4 Å². The van der Waals surface area contributed by atoms with E-state index >= 15 is 0 Å². The second-order valence-corrected chi connectivity index (χ2v) is 6.69. The second kappa shape index (κ2) is 6.87. The topological polar surface area (TPSA) is 66.6 Å². The molecule has 9 heteroatoms. The van der Waals surface area contributed by atoms with E-state index in [4.69, 9.17) is 5.73 Å². The molecule has 1 saturated heterocycles. The van der Waals surface area contributed by atoms with E-state index in [1.165, 1.54) is 9.21 Å². The predicted molar refractivity (Wildman–Crippen MR) is 66.1 cm³/mol. The van der Waals surface area contributed by atoms with Crippen LogP contribution in [0.5, 0.6) is 0 Å². The van der Waals surface area contributed by atoms with Crippen LogP contribution in [0.3, 0.4) is 0 Å². The summed E-state index contributed by atoms with van der Waals surface area (Å²) in [6, 6.07) is 0. The molecule has 2 N–H and O–H groups in total. The second-order valence-electron chi connectivity index (χ2n) is 4.60. The summed E-state index contributed by atoms with van der Waals surface area (Å²) in [5.74, 6) is 0.0173. The average Bonchev–Trinajstić information content (AvgIpc) is 2.27. The van der Waals surface area contributed by atoms with Gasteiger partial charge in [-0.3, -0.25) is 4.90 Å². The van der Waals surface area contributed by atoms with Gasteiger partial charge in [-0.05, 0) is 19.4 Å². The fourth-order valence-corrected chi connectivity index (χ4v) is 3.52. The molecule has 0 unspecified atom stereocenters. The largest absolute Gasteiger partial charge is 0.401 e. The summed E-state index contributed by atoms with van der Waals surface area (Å²) >= 11 is 0. The molecule has 1 aliphatic heterocycles. The number of unbranched alkanes of at least 4 members (excludes halogenated alkanes) is 1. The van der Waals surface area contributed by atoms with Crippen molar-refractivity contribution in [1.29, 1.82) is 0 Å². The minimum absolute atomic E-state index is 0.0173. The first kappa shape index (κ1) is 16.7. The quantitative estimate of drug-likeness (QED) is 0.714. The molecular weight excluding hydrogens is 283 g/mol. The summed E-state index contributed by atoms with van der Waals surface area (Å²) in [7, 11) is -3.35. The smallest absolute Gasteiger partial charge is 0.330 e. The number of nitrogens with zero attached hydrogens (tertiary/aromatic N) is 2. The number of halogens is 3. The maximum Gasteiger partial charge on any atom is 0.401 e. The van der Waals surface area contributed by atoms with Gasteiger partial charge < -0.3 is 5.73 Å². The van der Waals surface area contributed by atoms with Crippen molar-refractivity contribution in [2.75, 3.05) is 45.0 Å². The summed E-state index contributed by atoms with van der Waals surface area (Å²) in [4.78, 5) is 1.23. The average molecular weight is 303 g/mol. The normalized spacial score (nSPS) is 19.8. The maximum atomic E-state index is 12.2. The summed E-state index contributed by atoms with van der Waals surface area (Å²) in [5, 5.41) is 0. The number of alkyl halides is 3. The summed E-state index contributed by atoms with van der Waals surface area (Å²) in [5.41, 5.74) is 5.29. The minimum atomic E-state index is -4.23. The number of piperazine rings is 1. The third kappa shape index (κ3) is 6.07.